The number of fused-ring (bicyclic) bond motifs is 6. The average molecular weight is 933 g/mol. The molecule has 4 amide bonds. The van der Waals surface area contributed by atoms with Crippen molar-refractivity contribution in [2.24, 2.45) is 5.41 Å². The lowest BCUT2D eigenvalue weighted by Gasteiger charge is -2.36. The van der Waals surface area contributed by atoms with Crippen LogP contribution in [0, 0.1) is 5.41 Å². The van der Waals surface area contributed by atoms with Gasteiger partial charge in [0.25, 0.3) is 11.8 Å². The maximum atomic E-state index is 14.8. The smallest absolute Gasteiger partial charge is 0.324 e. The highest BCUT2D eigenvalue weighted by atomic mass is 16.5. The number of ether oxygens (including phenoxy) is 2. The van der Waals surface area contributed by atoms with Gasteiger partial charge in [-0.25, -0.2) is 5.43 Å². The molecule has 5 heterocycles. The first-order chi connectivity index (χ1) is 32.5. The Morgan fingerprint density at radius 1 is 1.06 bits per heavy atom. The SMILES string of the molecule is CCn1c(-c2cccnc2[C@H](C)OC)c2c3cc(ccc31)-c1cc(O)cc(c1)C[C@H](NC(=O)C(=C1CCCC1)N(C)C(=O)CN(C)C(=O)[C@@H]1N[C@@H]1O)C(=O)N1CCC[C@H](N1)C(=O)OCC(C)(C)C2. The van der Waals surface area contributed by atoms with Gasteiger partial charge < -0.3 is 39.4 Å². The number of cyclic esters (lactones) is 1. The number of hydrogen-bond donors (Lipinski definition) is 5. The van der Waals surface area contributed by atoms with Crippen LogP contribution < -0.4 is 16.1 Å². The number of hydrazine groups is 1. The van der Waals surface area contributed by atoms with Crippen molar-refractivity contribution in [3.63, 3.8) is 0 Å². The van der Waals surface area contributed by atoms with Crippen molar-refractivity contribution in [2.45, 2.75) is 116 Å². The summed E-state index contributed by atoms with van der Waals surface area (Å²) in [7, 11) is 4.61. The van der Waals surface area contributed by atoms with E-state index in [9.17, 15) is 34.2 Å². The molecule has 4 aromatic rings. The number of allylic oxidation sites excluding steroid dienone is 1. The van der Waals surface area contributed by atoms with Crippen molar-refractivity contribution >= 4 is 40.5 Å². The Labute approximate surface area is 396 Å². The number of aliphatic hydroxyl groups is 1. The molecule has 3 aliphatic heterocycles. The molecule has 6 bridgehead atoms. The number of nitrogens with one attached hydrogen (secondary N) is 3. The van der Waals surface area contributed by atoms with Gasteiger partial charge in [0.05, 0.1) is 30.6 Å². The first-order valence-electron chi connectivity index (χ1n) is 23.7. The second-order valence-electron chi connectivity index (χ2n) is 19.4. The van der Waals surface area contributed by atoms with Gasteiger partial charge in [-0.05, 0) is 123 Å². The maximum Gasteiger partial charge on any atom is 0.324 e. The van der Waals surface area contributed by atoms with E-state index in [1.54, 1.807) is 25.4 Å². The van der Waals surface area contributed by atoms with Gasteiger partial charge in [0, 0.05) is 68.8 Å². The van der Waals surface area contributed by atoms with Crippen LogP contribution in [0.5, 0.6) is 5.75 Å². The molecule has 3 fully saturated rings. The Morgan fingerprint density at radius 3 is 2.51 bits per heavy atom. The van der Waals surface area contributed by atoms with Gasteiger partial charge >= 0.3 is 5.97 Å². The molecule has 1 saturated carbocycles. The summed E-state index contributed by atoms with van der Waals surface area (Å²) >= 11 is 0. The second kappa shape index (κ2) is 19.8. The van der Waals surface area contributed by atoms with Crippen molar-refractivity contribution in [1.29, 1.82) is 0 Å². The lowest BCUT2D eigenvalue weighted by molar-refractivity contribution is -0.155. The molecular weight excluding hydrogens is 869 g/mol. The van der Waals surface area contributed by atoms with E-state index in [-0.39, 0.29) is 43.7 Å². The fourth-order valence-corrected chi connectivity index (χ4v) is 9.97. The number of amides is 4. The Bertz CT molecular complexity index is 2650. The summed E-state index contributed by atoms with van der Waals surface area (Å²) in [6.45, 7) is 8.86. The quantitative estimate of drug-likeness (QED) is 0.0845. The molecule has 4 aliphatic rings. The molecule has 17 nitrogen and oxygen atoms in total. The summed E-state index contributed by atoms with van der Waals surface area (Å²) < 4.78 is 14.2. The van der Waals surface area contributed by atoms with Crippen LogP contribution in [0.2, 0.25) is 0 Å². The van der Waals surface area contributed by atoms with E-state index in [1.807, 2.05) is 25.1 Å². The van der Waals surface area contributed by atoms with Crippen LogP contribution in [0.1, 0.15) is 89.1 Å². The van der Waals surface area contributed by atoms with Crippen LogP contribution >= 0.6 is 0 Å². The maximum absolute atomic E-state index is 14.8. The monoisotopic (exact) mass is 932 g/mol. The van der Waals surface area contributed by atoms with Crippen molar-refractivity contribution in [1.82, 2.24) is 40.4 Å². The average Bonchev–Trinajstić information content (AvgIpc) is 3.67. The fourth-order valence-electron chi connectivity index (χ4n) is 9.97. The van der Waals surface area contributed by atoms with Gasteiger partial charge in [-0.2, -0.15) is 0 Å². The summed E-state index contributed by atoms with van der Waals surface area (Å²) in [6, 6.07) is 12.5. The Hall–Kier alpha value is -6.14. The minimum absolute atomic E-state index is 0.0307. The third-order valence-electron chi connectivity index (χ3n) is 13.7. The molecule has 5 atom stereocenters. The number of aromatic hydroxyl groups is 1. The summed E-state index contributed by atoms with van der Waals surface area (Å²) in [5.41, 5.74) is 10.3. The van der Waals surface area contributed by atoms with Crippen molar-refractivity contribution in [3.8, 4) is 28.1 Å². The predicted octanol–water partition coefficient (Wildman–Crippen LogP) is 4.49. The standard InChI is InChI=1S/C51H64N8O9/c1-8-58-40-18-17-32-25-36(40)37(45(58)35-15-11-19-52-42(35)29(2)67-7)26-51(3,4)28-68-50(66)38-16-12-20-59(55-38)48(64)39(23-30-21-33(32)24-34(60)22-30)53-47(63)44(31-13-9-10-14-31)57(6)41(61)27-56(5)49(65)43-46(62)54-43/h11,15,17-19,21-22,24-25,29,38-39,43,46,54-55,60,62H,8-10,12-14,16,20,23,26-28H2,1-7H3,(H,53,63)/t29-,38-,39-,43+,46+/m0/s1. The molecule has 1 aliphatic carbocycles. The van der Waals surface area contributed by atoms with Crippen LogP contribution in [0.3, 0.4) is 0 Å². The lowest BCUT2D eigenvalue weighted by Crippen LogP contribution is -2.60. The number of methoxy groups -OCH3 is 1. The van der Waals surface area contributed by atoms with Crippen LogP contribution in [0.25, 0.3) is 33.3 Å². The number of rotatable bonds is 10. The van der Waals surface area contributed by atoms with Crippen LogP contribution in [-0.2, 0) is 52.8 Å². The van der Waals surface area contributed by atoms with E-state index in [0.717, 1.165) is 57.4 Å². The highest BCUT2D eigenvalue weighted by molar-refractivity contribution is 6.01. The van der Waals surface area contributed by atoms with E-state index < -0.39 is 59.4 Å². The zero-order chi connectivity index (χ0) is 48.6. The fraction of sp³-hybridized carbons (Fsp3) is 0.490. The molecule has 2 saturated heterocycles. The highest BCUT2D eigenvalue weighted by Gasteiger charge is 2.43. The number of phenols is 1. The van der Waals surface area contributed by atoms with Gasteiger partial charge in [0.15, 0.2) is 0 Å². The molecule has 0 unspecified atom stereocenters. The second-order valence-corrected chi connectivity index (χ2v) is 19.4. The van der Waals surface area contributed by atoms with Crippen molar-refractivity contribution in [2.75, 3.05) is 40.9 Å². The van der Waals surface area contributed by atoms with E-state index in [1.165, 1.54) is 28.9 Å². The molecule has 362 valence electrons. The van der Waals surface area contributed by atoms with Crippen LogP contribution in [0.15, 0.2) is 66.0 Å². The summed E-state index contributed by atoms with van der Waals surface area (Å²) in [5, 5.41) is 29.0. The van der Waals surface area contributed by atoms with E-state index in [2.05, 4.69) is 59.6 Å². The summed E-state index contributed by atoms with van der Waals surface area (Å²) in [5.74, 6) is -2.66. The number of nitrogens with zero attached hydrogens (tertiary/aromatic N) is 5. The summed E-state index contributed by atoms with van der Waals surface area (Å²) in [6.07, 6.45) is 4.66. The van der Waals surface area contributed by atoms with E-state index in [0.29, 0.717) is 49.8 Å². The minimum atomic E-state index is -1.22. The normalized spacial score (nSPS) is 22.0. The topological polar surface area (TPSA) is 218 Å². The van der Waals surface area contributed by atoms with Gasteiger partial charge in [-0.3, -0.25) is 39.3 Å². The van der Waals surface area contributed by atoms with Crippen LogP contribution in [-0.4, -0.2) is 129 Å². The number of carbonyl (C=O) groups excluding carboxylic acids is 5. The largest absolute Gasteiger partial charge is 0.508 e. The summed E-state index contributed by atoms with van der Waals surface area (Å²) in [4.78, 5) is 77.3. The number of carbonyl (C=O) groups is 5. The Morgan fingerprint density at radius 2 is 1.81 bits per heavy atom. The van der Waals surface area contributed by atoms with Crippen molar-refractivity contribution < 1.29 is 43.7 Å². The first kappa shape index (κ1) is 48.3. The third-order valence-corrected chi connectivity index (χ3v) is 13.7. The van der Waals surface area contributed by atoms with Gasteiger partial charge in [-0.1, -0.05) is 26.0 Å². The molecule has 17 heteroatoms. The molecule has 2 aromatic heterocycles. The number of esters is 1. The first-order valence-corrected chi connectivity index (χ1v) is 23.7. The van der Waals surface area contributed by atoms with Gasteiger partial charge in [-0.15, -0.1) is 0 Å². The number of aliphatic hydroxyl groups excluding tert-OH is 1. The molecule has 0 spiro atoms. The number of likely N-dealkylation sites (N-methyl/N-ethyl adjacent to an activating group) is 2. The van der Waals surface area contributed by atoms with Gasteiger partial charge in [0.1, 0.15) is 35.8 Å². The zero-order valence-corrected chi connectivity index (χ0v) is 40.1. The molecule has 8 rings (SSSR count). The Balaban J connectivity index is 1.20. The Kier molecular flexibility index (Phi) is 14.1. The number of benzene rings is 2. The number of hydrogen-bond acceptors (Lipinski definition) is 12. The van der Waals surface area contributed by atoms with Crippen LogP contribution in [0.4, 0.5) is 0 Å². The predicted molar refractivity (Wildman–Crippen MR) is 254 cm³/mol. The molecule has 2 aromatic carbocycles. The zero-order valence-electron chi connectivity index (χ0n) is 40.1. The molecule has 0 radical (unpaired) electrons. The number of aryl methyl sites for hydroxylation is 1. The number of phenolic OH excluding ortho intramolecular Hbond substituents is 1. The highest BCUT2D eigenvalue weighted by Crippen LogP contribution is 2.42. The minimum Gasteiger partial charge on any atom is -0.508 e. The molecular formula is C51H64N8O9. The lowest BCUT2D eigenvalue weighted by atomic mass is 9.84. The van der Waals surface area contributed by atoms with Gasteiger partial charge in [0.2, 0.25) is 11.8 Å². The number of aromatic nitrogens is 2. The molecule has 68 heavy (non-hydrogen) atoms. The number of pyridine rings is 1. The van der Waals surface area contributed by atoms with E-state index >= 15 is 0 Å². The van der Waals surface area contributed by atoms with Crippen molar-refractivity contribution in [3.05, 3.63) is 82.8 Å². The molecule has 5 N–H and O–H groups in total. The van der Waals surface area contributed by atoms with E-state index in [4.69, 9.17) is 14.5 Å². The third kappa shape index (κ3) is 10.0.